The van der Waals surface area contributed by atoms with Crippen LogP contribution in [0, 0.1) is 0 Å². The Labute approximate surface area is 169 Å². The van der Waals surface area contributed by atoms with Crippen LogP contribution in [0.1, 0.15) is 39.5 Å². The first-order chi connectivity index (χ1) is 13.2. The van der Waals surface area contributed by atoms with Crippen molar-refractivity contribution in [3.63, 3.8) is 0 Å². The second kappa shape index (κ2) is 8.20. The molecule has 1 unspecified atom stereocenters. The van der Waals surface area contributed by atoms with Crippen molar-refractivity contribution in [1.29, 1.82) is 0 Å². The fourth-order valence-electron chi connectivity index (χ4n) is 3.85. The molecule has 3 heteroatoms. The van der Waals surface area contributed by atoms with Crippen LogP contribution in [0.3, 0.4) is 0 Å². The highest BCUT2D eigenvalue weighted by Gasteiger charge is 2.27. The summed E-state index contributed by atoms with van der Waals surface area (Å²) in [6.45, 7) is 1.87. The summed E-state index contributed by atoms with van der Waals surface area (Å²) in [5.41, 5.74) is 4.79. The highest BCUT2D eigenvalue weighted by Crippen LogP contribution is 2.31. The molecule has 1 heterocycles. The monoisotopic (exact) mass is 419 g/mol. The van der Waals surface area contributed by atoms with Gasteiger partial charge in [0.2, 0.25) is 0 Å². The van der Waals surface area contributed by atoms with Crippen molar-refractivity contribution in [2.24, 2.45) is 0 Å². The van der Waals surface area contributed by atoms with Gasteiger partial charge in [-0.1, -0.05) is 82.7 Å². The van der Waals surface area contributed by atoms with E-state index < -0.39 is 0 Å². The summed E-state index contributed by atoms with van der Waals surface area (Å²) in [5, 5.41) is 0. The maximum atomic E-state index is 13.0. The lowest BCUT2D eigenvalue weighted by atomic mass is 9.92. The molecule has 1 aliphatic heterocycles. The number of carbonyl (C=O) groups excluding carboxylic acids is 1. The van der Waals surface area contributed by atoms with Gasteiger partial charge in [-0.2, -0.15) is 0 Å². The van der Waals surface area contributed by atoms with E-state index >= 15 is 0 Å². The SMILES string of the molecule is O=C(CC(c1ccccc1)N1CCc2ccccc2C1)c1ccc(Br)cc1. The first-order valence-corrected chi connectivity index (χ1v) is 10.1. The van der Waals surface area contributed by atoms with E-state index in [0.29, 0.717) is 6.42 Å². The van der Waals surface area contributed by atoms with Gasteiger partial charge < -0.3 is 0 Å². The number of hydrogen-bond donors (Lipinski definition) is 0. The van der Waals surface area contributed by atoms with Crippen LogP contribution in [0.2, 0.25) is 0 Å². The number of ketones is 1. The van der Waals surface area contributed by atoms with Gasteiger partial charge in [-0.15, -0.1) is 0 Å². The van der Waals surface area contributed by atoms with Crippen molar-refractivity contribution in [2.45, 2.75) is 25.4 Å². The predicted octanol–water partition coefficient (Wildman–Crippen LogP) is 5.82. The molecule has 1 aliphatic rings. The van der Waals surface area contributed by atoms with Crippen LogP contribution in [0.5, 0.6) is 0 Å². The van der Waals surface area contributed by atoms with Crippen LogP contribution in [-0.4, -0.2) is 17.2 Å². The van der Waals surface area contributed by atoms with Gasteiger partial charge in [-0.05, 0) is 35.2 Å². The summed E-state index contributed by atoms with van der Waals surface area (Å²) in [7, 11) is 0. The quantitative estimate of drug-likeness (QED) is 0.485. The Morgan fingerprint density at radius 3 is 2.30 bits per heavy atom. The maximum absolute atomic E-state index is 13.0. The highest BCUT2D eigenvalue weighted by molar-refractivity contribution is 9.10. The molecule has 1 atom stereocenters. The van der Waals surface area contributed by atoms with Crippen molar-refractivity contribution in [3.05, 3.63) is 106 Å². The molecule has 0 spiro atoms. The van der Waals surface area contributed by atoms with Crippen molar-refractivity contribution in [2.75, 3.05) is 6.54 Å². The van der Waals surface area contributed by atoms with Gasteiger partial charge in [0.1, 0.15) is 0 Å². The standard InChI is InChI=1S/C24H22BrNO/c25-22-12-10-20(11-13-22)24(27)16-23(19-7-2-1-3-8-19)26-15-14-18-6-4-5-9-21(18)17-26/h1-13,23H,14-17H2. The topological polar surface area (TPSA) is 20.3 Å². The van der Waals surface area contributed by atoms with Gasteiger partial charge in [0.05, 0.1) is 0 Å². The molecule has 0 aromatic heterocycles. The smallest absolute Gasteiger partial charge is 0.164 e. The lowest BCUT2D eigenvalue weighted by Gasteiger charge is -2.35. The first-order valence-electron chi connectivity index (χ1n) is 9.35. The molecule has 0 fully saturated rings. The summed E-state index contributed by atoms with van der Waals surface area (Å²) >= 11 is 3.44. The van der Waals surface area contributed by atoms with Gasteiger partial charge in [0.15, 0.2) is 5.78 Å². The lowest BCUT2D eigenvalue weighted by molar-refractivity contribution is 0.0903. The summed E-state index contributed by atoms with van der Waals surface area (Å²) in [6, 6.07) is 26.8. The van der Waals surface area contributed by atoms with Crippen molar-refractivity contribution < 1.29 is 4.79 Å². The molecule has 0 bridgehead atoms. The van der Waals surface area contributed by atoms with E-state index in [-0.39, 0.29) is 11.8 Å². The number of halogens is 1. The Bertz CT molecular complexity index is 921. The van der Waals surface area contributed by atoms with Gasteiger partial charge in [0, 0.05) is 35.6 Å². The molecule has 4 rings (SSSR count). The van der Waals surface area contributed by atoms with E-state index in [1.165, 1.54) is 16.7 Å². The Kier molecular flexibility index (Phi) is 5.51. The van der Waals surface area contributed by atoms with Crippen LogP contribution in [0.25, 0.3) is 0 Å². The fourth-order valence-corrected chi connectivity index (χ4v) is 4.11. The number of nitrogens with zero attached hydrogens (tertiary/aromatic N) is 1. The minimum atomic E-state index is 0.0932. The second-order valence-corrected chi connectivity index (χ2v) is 7.97. The molecule has 3 aromatic rings. The minimum Gasteiger partial charge on any atom is -0.294 e. The zero-order valence-corrected chi connectivity index (χ0v) is 16.7. The highest BCUT2D eigenvalue weighted by atomic mass is 79.9. The van der Waals surface area contributed by atoms with E-state index in [4.69, 9.17) is 0 Å². The number of carbonyl (C=O) groups is 1. The van der Waals surface area contributed by atoms with E-state index in [9.17, 15) is 4.79 Å². The van der Waals surface area contributed by atoms with Crippen molar-refractivity contribution >= 4 is 21.7 Å². The average molecular weight is 420 g/mol. The third kappa shape index (κ3) is 4.20. The average Bonchev–Trinajstić information content (AvgIpc) is 2.72. The molecule has 0 amide bonds. The molecule has 2 nitrogen and oxygen atoms in total. The Morgan fingerprint density at radius 1 is 0.889 bits per heavy atom. The van der Waals surface area contributed by atoms with Crippen LogP contribution >= 0.6 is 15.9 Å². The molecule has 0 saturated carbocycles. The summed E-state index contributed by atoms with van der Waals surface area (Å²) < 4.78 is 0.992. The van der Waals surface area contributed by atoms with Gasteiger partial charge in [-0.25, -0.2) is 0 Å². The zero-order valence-electron chi connectivity index (χ0n) is 15.1. The van der Waals surface area contributed by atoms with E-state index in [1.54, 1.807) is 0 Å². The number of rotatable bonds is 5. The number of Topliss-reactive ketones (excluding diaryl/α,β-unsaturated/α-hetero) is 1. The summed E-state index contributed by atoms with van der Waals surface area (Å²) in [4.78, 5) is 15.4. The van der Waals surface area contributed by atoms with E-state index in [1.807, 2.05) is 30.3 Å². The van der Waals surface area contributed by atoms with Crippen LogP contribution in [0.15, 0.2) is 83.3 Å². The lowest BCUT2D eigenvalue weighted by Crippen LogP contribution is -2.35. The van der Waals surface area contributed by atoms with Gasteiger partial charge >= 0.3 is 0 Å². The molecule has 0 radical (unpaired) electrons. The third-order valence-corrected chi connectivity index (χ3v) is 5.86. The maximum Gasteiger partial charge on any atom is 0.164 e. The largest absolute Gasteiger partial charge is 0.294 e. The number of benzene rings is 3. The van der Waals surface area contributed by atoms with Gasteiger partial charge in [0.25, 0.3) is 0 Å². The van der Waals surface area contributed by atoms with Crippen molar-refractivity contribution in [1.82, 2.24) is 4.90 Å². The molecule has 0 aliphatic carbocycles. The second-order valence-electron chi connectivity index (χ2n) is 7.05. The van der Waals surface area contributed by atoms with E-state index in [2.05, 4.69) is 69.4 Å². The fraction of sp³-hybridized carbons (Fsp3) is 0.208. The predicted molar refractivity (Wildman–Crippen MR) is 113 cm³/mol. The van der Waals surface area contributed by atoms with Gasteiger partial charge in [-0.3, -0.25) is 9.69 Å². The molecular weight excluding hydrogens is 398 g/mol. The van der Waals surface area contributed by atoms with Crippen LogP contribution in [0.4, 0.5) is 0 Å². The van der Waals surface area contributed by atoms with Crippen LogP contribution < -0.4 is 0 Å². The summed E-state index contributed by atoms with van der Waals surface area (Å²) in [6.07, 6.45) is 1.53. The summed E-state index contributed by atoms with van der Waals surface area (Å²) in [5.74, 6) is 0.190. The normalized spacial score (nSPS) is 15.1. The molecule has 3 aromatic carbocycles. The number of fused-ring (bicyclic) bond motifs is 1. The Balaban J connectivity index is 1.60. The Hall–Kier alpha value is -2.23. The van der Waals surface area contributed by atoms with Crippen LogP contribution in [-0.2, 0) is 13.0 Å². The molecule has 136 valence electrons. The minimum absolute atomic E-state index is 0.0932. The first kappa shape index (κ1) is 18.1. The molecule has 0 saturated heterocycles. The third-order valence-electron chi connectivity index (χ3n) is 5.33. The van der Waals surface area contributed by atoms with Crippen molar-refractivity contribution in [3.8, 4) is 0 Å². The Morgan fingerprint density at radius 2 is 1.56 bits per heavy atom. The van der Waals surface area contributed by atoms with E-state index in [0.717, 1.165) is 29.5 Å². The number of hydrogen-bond acceptors (Lipinski definition) is 2. The molecular formula is C24H22BrNO. The zero-order chi connectivity index (χ0) is 18.6. The molecule has 0 N–H and O–H groups in total. The molecule has 27 heavy (non-hydrogen) atoms.